The van der Waals surface area contributed by atoms with Crippen molar-refractivity contribution in [1.82, 2.24) is 25.2 Å². The molecule has 1 N–H and O–H groups in total. The highest BCUT2D eigenvalue weighted by Crippen LogP contribution is 2.29. The summed E-state index contributed by atoms with van der Waals surface area (Å²) in [5, 5.41) is 4.00. The van der Waals surface area contributed by atoms with Gasteiger partial charge in [0.1, 0.15) is 0 Å². The van der Waals surface area contributed by atoms with Crippen molar-refractivity contribution in [1.29, 1.82) is 0 Å². The maximum atomic E-state index is 12.2. The molecule has 0 unspecified atom stereocenters. The second-order valence-corrected chi connectivity index (χ2v) is 7.61. The van der Waals surface area contributed by atoms with Gasteiger partial charge < -0.3 is 10.2 Å². The Morgan fingerprint density at radius 2 is 1.86 bits per heavy atom. The number of urea groups is 1. The Balaban J connectivity index is 1.48. The average Bonchev–Trinajstić information content (AvgIpc) is 2.73. The molecule has 144 valence electrons. The minimum Gasteiger partial charge on any atom is -0.336 e. The summed E-state index contributed by atoms with van der Waals surface area (Å²) in [6.45, 7) is 5.49. The van der Waals surface area contributed by atoms with Crippen molar-refractivity contribution in [3.8, 4) is 11.1 Å². The molecule has 6 nitrogen and oxygen atoms in total. The first-order valence-electron chi connectivity index (χ1n) is 9.82. The third-order valence-electron chi connectivity index (χ3n) is 5.19. The van der Waals surface area contributed by atoms with Gasteiger partial charge in [-0.05, 0) is 62.6 Å². The molecule has 28 heavy (non-hydrogen) atoms. The number of fused-ring (bicyclic) bond motifs is 1. The SMILES string of the molecule is CC(C)NC(=O)N1CCC(c2ccc3cc(-c4ccncc4)cnc3n2)CC1. The third-order valence-corrected chi connectivity index (χ3v) is 5.19. The Bertz CT molecular complexity index is 965. The molecule has 0 spiro atoms. The minimum atomic E-state index is 0.0326. The van der Waals surface area contributed by atoms with Gasteiger partial charge in [-0.25, -0.2) is 14.8 Å². The molecule has 0 bridgehead atoms. The van der Waals surface area contributed by atoms with E-state index in [9.17, 15) is 4.79 Å². The van der Waals surface area contributed by atoms with Gasteiger partial charge in [-0.3, -0.25) is 4.98 Å². The molecule has 2 amide bonds. The normalized spacial score (nSPS) is 15.2. The first-order chi connectivity index (χ1) is 13.6. The number of likely N-dealkylation sites (tertiary alicyclic amines) is 1. The number of rotatable bonds is 3. The summed E-state index contributed by atoms with van der Waals surface area (Å²) in [6.07, 6.45) is 7.30. The summed E-state index contributed by atoms with van der Waals surface area (Å²) in [7, 11) is 0. The lowest BCUT2D eigenvalue weighted by molar-refractivity contribution is 0.178. The van der Waals surface area contributed by atoms with Crippen molar-refractivity contribution in [2.24, 2.45) is 0 Å². The predicted octanol–water partition coefficient (Wildman–Crippen LogP) is 3.99. The highest BCUT2D eigenvalue weighted by molar-refractivity contribution is 5.80. The Kier molecular flexibility index (Phi) is 5.19. The highest BCUT2D eigenvalue weighted by atomic mass is 16.2. The molecule has 1 aliphatic heterocycles. The molecular formula is C22H25N5O. The predicted molar refractivity (Wildman–Crippen MR) is 110 cm³/mol. The first-order valence-corrected chi connectivity index (χ1v) is 9.82. The van der Waals surface area contributed by atoms with Gasteiger partial charge in [0, 0.05) is 60.3 Å². The van der Waals surface area contributed by atoms with E-state index in [4.69, 9.17) is 4.98 Å². The van der Waals surface area contributed by atoms with E-state index in [1.54, 1.807) is 12.4 Å². The van der Waals surface area contributed by atoms with Crippen LogP contribution in [-0.4, -0.2) is 45.0 Å². The molecule has 0 aromatic carbocycles. The van der Waals surface area contributed by atoms with Crippen LogP contribution in [0.5, 0.6) is 0 Å². The quantitative estimate of drug-likeness (QED) is 0.751. The number of carbonyl (C=O) groups excluding carboxylic acids is 1. The summed E-state index contributed by atoms with van der Waals surface area (Å²) in [5.74, 6) is 0.370. The standard InChI is InChI=1S/C22H25N5O/c1-15(2)25-22(28)27-11-7-17(8-12-27)20-4-3-18-13-19(14-24-21(18)26-20)16-5-9-23-10-6-16/h3-6,9-10,13-15,17H,7-8,11-12H2,1-2H3,(H,25,28). The lowest BCUT2D eigenvalue weighted by Crippen LogP contribution is -2.46. The van der Waals surface area contributed by atoms with Crippen molar-refractivity contribution >= 4 is 17.1 Å². The lowest BCUT2D eigenvalue weighted by atomic mass is 9.93. The Hall–Kier alpha value is -3.02. The van der Waals surface area contributed by atoms with Crippen molar-refractivity contribution in [3.05, 3.63) is 54.6 Å². The molecule has 3 aromatic rings. The van der Waals surface area contributed by atoms with Crippen molar-refractivity contribution in [2.75, 3.05) is 13.1 Å². The van der Waals surface area contributed by atoms with E-state index in [1.165, 1.54) is 0 Å². The van der Waals surface area contributed by atoms with Gasteiger partial charge in [0.05, 0.1) is 0 Å². The third kappa shape index (κ3) is 3.96. The number of amides is 2. The molecule has 0 radical (unpaired) electrons. The van der Waals surface area contributed by atoms with E-state index in [0.717, 1.165) is 53.8 Å². The van der Waals surface area contributed by atoms with Gasteiger partial charge in [-0.15, -0.1) is 0 Å². The maximum absolute atomic E-state index is 12.2. The van der Waals surface area contributed by atoms with Crippen LogP contribution in [-0.2, 0) is 0 Å². The topological polar surface area (TPSA) is 71.0 Å². The molecule has 1 aliphatic rings. The smallest absolute Gasteiger partial charge is 0.317 e. The van der Waals surface area contributed by atoms with Crippen LogP contribution >= 0.6 is 0 Å². The van der Waals surface area contributed by atoms with Crippen LogP contribution < -0.4 is 5.32 Å². The van der Waals surface area contributed by atoms with Crippen LogP contribution in [0.4, 0.5) is 4.79 Å². The van der Waals surface area contributed by atoms with Crippen molar-refractivity contribution in [2.45, 2.75) is 38.6 Å². The number of nitrogens with zero attached hydrogens (tertiary/aromatic N) is 4. The fourth-order valence-electron chi connectivity index (χ4n) is 3.67. The van der Waals surface area contributed by atoms with E-state index in [1.807, 2.05) is 37.1 Å². The summed E-state index contributed by atoms with van der Waals surface area (Å²) < 4.78 is 0. The number of pyridine rings is 3. The molecular weight excluding hydrogens is 350 g/mol. The van der Waals surface area contributed by atoms with Crippen LogP contribution in [0, 0.1) is 0 Å². The Morgan fingerprint density at radius 1 is 1.11 bits per heavy atom. The van der Waals surface area contributed by atoms with Gasteiger partial charge >= 0.3 is 6.03 Å². The van der Waals surface area contributed by atoms with E-state index >= 15 is 0 Å². The zero-order valence-corrected chi connectivity index (χ0v) is 16.3. The monoisotopic (exact) mass is 375 g/mol. The Morgan fingerprint density at radius 3 is 2.57 bits per heavy atom. The molecule has 4 rings (SSSR count). The van der Waals surface area contributed by atoms with Crippen LogP contribution in [0.25, 0.3) is 22.2 Å². The van der Waals surface area contributed by atoms with Crippen LogP contribution in [0.15, 0.2) is 48.9 Å². The van der Waals surface area contributed by atoms with Crippen LogP contribution in [0.1, 0.15) is 38.3 Å². The zero-order valence-electron chi connectivity index (χ0n) is 16.3. The number of hydrogen-bond donors (Lipinski definition) is 1. The summed E-state index contributed by atoms with van der Waals surface area (Å²) >= 11 is 0. The highest BCUT2D eigenvalue weighted by Gasteiger charge is 2.25. The number of nitrogens with one attached hydrogen (secondary N) is 1. The summed E-state index contributed by atoms with van der Waals surface area (Å²) in [6, 6.07) is 10.5. The number of carbonyl (C=O) groups is 1. The largest absolute Gasteiger partial charge is 0.336 e. The Labute approximate surface area is 165 Å². The number of piperidine rings is 1. The van der Waals surface area contributed by atoms with Crippen molar-refractivity contribution < 1.29 is 4.79 Å². The van der Waals surface area contributed by atoms with E-state index in [-0.39, 0.29) is 12.1 Å². The average molecular weight is 375 g/mol. The van der Waals surface area contributed by atoms with Crippen molar-refractivity contribution in [3.63, 3.8) is 0 Å². The van der Waals surface area contributed by atoms with Gasteiger partial charge in [0.25, 0.3) is 0 Å². The van der Waals surface area contributed by atoms with E-state index in [2.05, 4.69) is 33.5 Å². The summed E-state index contributed by atoms with van der Waals surface area (Å²) in [5.41, 5.74) is 4.00. The molecule has 0 aliphatic carbocycles. The maximum Gasteiger partial charge on any atom is 0.317 e. The molecule has 4 heterocycles. The molecule has 0 atom stereocenters. The second kappa shape index (κ2) is 7.92. The zero-order chi connectivity index (χ0) is 19.5. The molecule has 3 aromatic heterocycles. The van der Waals surface area contributed by atoms with E-state index < -0.39 is 0 Å². The fourth-order valence-corrected chi connectivity index (χ4v) is 3.67. The van der Waals surface area contributed by atoms with Crippen LogP contribution in [0.3, 0.4) is 0 Å². The molecule has 0 saturated carbocycles. The van der Waals surface area contributed by atoms with Gasteiger partial charge in [0.15, 0.2) is 5.65 Å². The number of aromatic nitrogens is 3. The summed E-state index contributed by atoms with van der Waals surface area (Å²) in [4.78, 5) is 27.5. The molecule has 1 saturated heterocycles. The molecule has 1 fully saturated rings. The second-order valence-electron chi connectivity index (χ2n) is 7.61. The lowest BCUT2D eigenvalue weighted by Gasteiger charge is -2.32. The number of hydrogen-bond acceptors (Lipinski definition) is 4. The first kappa shape index (κ1) is 18.3. The molecule has 6 heteroatoms. The minimum absolute atomic E-state index is 0.0326. The van der Waals surface area contributed by atoms with Gasteiger partial charge in [0.2, 0.25) is 0 Å². The van der Waals surface area contributed by atoms with Gasteiger partial charge in [-0.1, -0.05) is 0 Å². The van der Waals surface area contributed by atoms with E-state index in [0.29, 0.717) is 5.92 Å². The fraction of sp³-hybridized carbons (Fsp3) is 0.364. The van der Waals surface area contributed by atoms with Crippen LogP contribution in [0.2, 0.25) is 0 Å². The van der Waals surface area contributed by atoms with Gasteiger partial charge in [-0.2, -0.15) is 0 Å².